The second-order valence-corrected chi connectivity index (χ2v) is 8.76. The summed E-state index contributed by atoms with van der Waals surface area (Å²) < 4.78 is 0. The zero-order chi connectivity index (χ0) is 22.1. The second-order valence-electron chi connectivity index (χ2n) is 7.50. The Balaban J connectivity index is 0.000000735. The smallest absolute Gasteiger partial charge is 0.233 e. The molecule has 30 heavy (non-hydrogen) atoms. The van der Waals surface area contributed by atoms with Gasteiger partial charge in [-0.2, -0.15) is 0 Å². The predicted molar refractivity (Wildman–Crippen MR) is 121 cm³/mol. The van der Waals surface area contributed by atoms with E-state index in [2.05, 4.69) is 15.3 Å². The Morgan fingerprint density at radius 2 is 2.10 bits per heavy atom. The van der Waals surface area contributed by atoms with E-state index in [-0.39, 0.29) is 29.6 Å². The fourth-order valence-corrected chi connectivity index (χ4v) is 4.18. The van der Waals surface area contributed by atoms with Crippen LogP contribution in [0.3, 0.4) is 0 Å². The number of nitrogens with one attached hydrogen (secondary N) is 1. The summed E-state index contributed by atoms with van der Waals surface area (Å²) >= 11 is 7.91. The summed E-state index contributed by atoms with van der Waals surface area (Å²) in [4.78, 5) is 33.6. The van der Waals surface area contributed by atoms with Crippen molar-refractivity contribution in [1.82, 2.24) is 9.97 Å². The number of hydrogen-bond acceptors (Lipinski definition) is 6. The zero-order valence-corrected chi connectivity index (χ0v) is 19.0. The quantitative estimate of drug-likeness (QED) is 0.620. The van der Waals surface area contributed by atoms with Crippen molar-refractivity contribution >= 4 is 40.9 Å². The third kappa shape index (κ3) is 7.70. The van der Waals surface area contributed by atoms with E-state index >= 15 is 0 Å². The molecule has 2 atom stereocenters. The first kappa shape index (κ1) is 24.3. The number of hydrogen-bond donors (Lipinski definition) is 2. The minimum atomic E-state index is -0.388. The Hall–Kier alpha value is -1.96. The minimum Gasteiger partial charge on any atom is -0.394 e. The van der Waals surface area contributed by atoms with Crippen LogP contribution >= 0.6 is 23.4 Å². The summed E-state index contributed by atoms with van der Waals surface area (Å²) in [6, 6.07) is 5.73. The van der Waals surface area contributed by atoms with Gasteiger partial charge in [0, 0.05) is 36.2 Å². The molecule has 0 aliphatic heterocycles. The Labute approximate surface area is 186 Å². The van der Waals surface area contributed by atoms with Gasteiger partial charge in [0.2, 0.25) is 5.91 Å². The molecule has 1 heterocycles. The first-order chi connectivity index (χ1) is 14.3. The van der Waals surface area contributed by atoms with Crippen LogP contribution in [0.5, 0.6) is 0 Å². The lowest BCUT2D eigenvalue weighted by Crippen LogP contribution is -2.23. The van der Waals surface area contributed by atoms with Crippen LogP contribution in [-0.2, 0) is 9.59 Å². The molecule has 1 aromatic carbocycles. The number of aromatic nitrogens is 2. The van der Waals surface area contributed by atoms with Crippen LogP contribution in [0.2, 0.25) is 5.02 Å². The topological polar surface area (TPSA) is 92.2 Å². The van der Waals surface area contributed by atoms with Gasteiger partial charge < -0.3 is 10.4 Å². The van der Waals surface area contributed by atoms with E-state index in [1.165, 1.54) is 12.4 Å². The van der Waals surface area contributed by atoms with Gasteiger partial charge in [-0.1, -0.05) is 17.7 Å². The number of halogens is 1. The Morgan fingerprint density at radius 3 is 2.63 bits per heavy atom. The molecule has 0 radical (unpaired) electrons. The van der Waals surface area contributed by atoms with Crippen molar-refractivity contribution < 1.29 is 14.7 Å². The number of nitrogens with zero attached hydrogens (tertiary/aromatic N) is 2. The highest BCUT2D eigenvalue weighted by Crippen LogP contribution is 2.36. The van der Waals surface area contributed by atoms with Gasteiger partial charge >= 0.3 is 0 Å². The van der Waals surface area contributed by atoms with Crippen LogP contribution in [0.4, 0.5) is 5.82 Å². The number of rotatable bonds is 6. The van der Waals surface area contributed by atoms with E-state index in [1.54, 1.807) is 31.8 Å². The van der Waals surface area contributed by atoms with Crippen molar-refractivity contribution in [3.05, 3.63) is 47.4 Å². The Morgan fingerprint density at radius 1 is 1.37 bits per heavy atom. The van der Waals surface area contributed by atoms with E-state index in [0.29, 0.717) is 30.1 Å². The molecular formula is C22H28ClN3O3S. The maximum atomic E-state index is 12.9. The van der Waals surface area contributed by atoms with E-state index < -0.39 is 0 Å². The number of anilines is 1. The molecule has 3 rings (SSSR count). The summed E-state index contributed by atoms with van der Waals surface area (Å²) in [5.74, 6) is 0.369. The first-order valence-corrected chi connectivity index (χ1v) is 11.5. The Bertz CT molecular complexity index is 846. The number of aliphatic hydroxyl groups is 1. The van der Waals surface area contributed by atoms with Crippen LogP contribution in [0.15, 0.2) is 41.7 Å². The van der Waals surface area contributed by atoms with Crippen LogP contribution in [0.1, 0.15) is 51.0 Å². The number of aliphatic hydroxyl groups excluding tert-OH is 1. The van der Waals surface area contributed by atoms with E-state index in [1.807, 2.05) is 24.5 Å². The summed E-state index contributed by atoms with van der Waals surface area (Å²) in [6.07, 6.45) is 9.00. The van der Waals surface area contributed by atoms with Crippen molar-refractivity contribution in [2.45, 2.75) is 56.4 Å². The molecule has 1 aromatic heterocycles. The number of benzene rings is 1. The molecule has 0 bridgehead atoms. The molecule has 1 fully saturated rings. The standard InChI is InChI=1S/C19H20ClN3O2S.C3H8O/c1-26-17-5-3-13(10-16(17)20)15(9-12-2-4-14(24)8-12)19(25)23-18-11-21-6-7-22-18;1-3(2)4/h3,5-7,10-12,15H,2,4,8-9H2,1H3,(H,22,23,25);3-4H,1-2H3. The van der Waals surface area contributed by atoms with Gasteiger partial charge in [0.1, 0.15) is 5.78 Å². The summed E-state index contributed by atoms with van der Waals surface area (Å²) in [5, 5.41) is 11.5. The van der Waals surface area contributed by atoms with Crippen molar-refractivity contribution in [3.63, 3.8) is 0 Å². The lowest BCUT2D eigenvalue weighted by molar-refractivity contribution is -0.119. The van der Waals surface area contributed by atoms with Gasteiger partial charge in [0.15, 0.2) is 5.82 Å². The van der Waals surface area contributed by atoms with Gasteiger partial charge in [-0.05, 0) is 56.6 Å². The number of carbonyl (C=O) groups excluding carboxylic acids is 2. The number of ketones is 1. The normalized spacial score (nSPS) is 16.7. The molecule has 8 heteroatoms. The highest BCUT2D eigenvalue weighted by molar-refractivity contribution is 7.98. The molecule has 2 N–H and O–H groups in total. The largest absolute Gasteiger partial charge is 0.394 e. The minimum absolute atomic E-state index is 0.155. The van der Waals surface area contributed by atoms with E-state index in [9.17, 15) is 9.59 Å². The molecule has 1 aliphatic rings. The fourth-order valence-electron chi connectivity index (χ4n) is 3.30. The monoisotopic (exact) mass is 449 g/mol. The van der Waals surface area contributed by atoms with Crippen molar-refractivity contribution in [2.24, 2.45) is 5.92 Å². The highest BCUT2D eigenvalue weighted by atomic mass is 35.5. The molecule has 162 valence electrons. The van der Waals surface area contributed by atoms with E-state index in [4.69, 9.17) is 16.7 Å². The summed E-state index contributed by atoms with van der Waals surface area (Å²) in [7, 11) is 0. The van der Waals surface area contributed by atoms with E-state index in [0.717, 1.165) is 16.9 Å². The van der Waals surface area contributed by atoms with Gasteiger partial charge in [-0.15, -0.1) is 11.8 Å². The average molecular weight is 450 g/mol. The summed E-state index contributed by atoms with van der Waals surface area (Å²) in [5.41, 5.74) is 0.855. The van der Waals surface area contributed by atoms with Gasteiger partial charge in [0.05, 0.1) is 17.1 Å². The van der Waals surface area contributed by atoms with Gasteiger partial charge in [0.25, 0.3) is 0 Å². The number of carbonyl (C=O) groups is 2. The molecule has 2 aromatic rings. The molecule has 0 saturated heterocycles. The molecule has 1 saturated carbocycles. The zero-order valence-electron chi connectivity index (χ0n) is 17.5. The van der Waals surface area contributed by atoms with Crippen LogP contribution in [0, 0.1) is 5.92 Å². The molecule has 0 spiro atoms. The number of thioether (sulfide) groups is 1. The highest BCUT2D eigenvalue weighted by Gasteiger charge is 2.30. The predicted octanol–water partition coefficient (Wildman–Crippen LogP) is 4.72. The van der Waals surface area contributed by atoms with Crippen LogP contribution in [-0.4, -0.2) is 39.1 Å². The van der Waals surface area contributed by atoms with Crippen LogP contribution in [0.25, 0.3) is 0 Å². The SMILES string of the molecule is CC(C)O.CSc1ccc(C(CC2CCC(=O)C2)C(=O)Nc2cnccn2)cc1Cl. The number of amides is 1. The van der Waals surface area contributed by atoms with Crippen molar-refractivity contribution in [2.75, 3.05) is 11.6 Å². The molecule has 2 unspecified atom stereocenters. The molecular weight excluding hydrogens is 422 g/mol. The Kier molecular flexibility index (Phi) is 9.75. The molecule has 1 amide bonds. The lowest BCUT2D eigenvalue weighted by Gasteiger charge is -2.20. The van der Waals surface area contributed by atoms with Crippen molar-refractivity contribution in [1.29, 1.82) is 0 Å². The number of Topliss-reactive ketones (excluding diaryl/α,β-unsaturated/α-hetero) is 1. The third-order valence-corrected chi connectivity index (χ3v) is 5.85. The van der Waals surface area contributed by atoms with Gasteiger partial charge in [-0.25, -0.2) is 4.98 Å². The summed E-state index contributed by atoms with van der Waals surface area (Å²) in [6.45, 7) is 3.44. The average Bonchev–Trinajstić information content (AvgIpc) is 3.11. The third-order valence-electron chi connectivity index (χ3n) is 4.63. The fraction of sp³-hybridized carbons (Fsp3) is 0.455. The van der Waals surface area contributed by atoms with Gasteiger partial charge in [-0.3, -0.25) is 14.6 Å². The van der Waals surface area contributed by atoms with Crippen molar-refractivity contribution in [3.8, 4) is 0 Å². The lowest BCUT2D eigenvalue weighted by atomic mass is 9.87. The maximum absolute atomic E-state index is 12.9. The first-order valence-electron chi connectivity index (χ1n) is 9.90. The maximum Gasteiger partial charge on any atom is 0.233 e. The molecule has 6 nitrogen and oxygen atoms in total. The second kappa shape index (κ2) is 12.0. The molecule has 1 aliphatic carbocycles. The van der Waals surface area contributed by atoms with Crippen LogP contribution < -0.4 is 5.32 Å².